The lowest BCUT2D eigenvalue weighted by atomic mass is 10.1. The Morgan fingerprint density at radius 3 is 2.15 bits per heavy atom. The van der Waals surface area contributed by atoms with Gasteiger partial charge in [-0.25, -0.2) is 8.42 Å². The zero-order chi connectivity index (χ0) is 14.6. The molecule has 0 heterocycles. The molecule has 20 heavy (non-hydrogen) atoms. The van der Waals surface area contributed by atoms with Crippen LogP contribution in [-0.2, 0) is 9.84 Å². The average molecular weight is 282 g/mol. The minimum atomic E-state index is -3.41. The third-order valence-electron chi connectivity index (χ3n) is 2.87. The van der Waals surface area contributed by atoms with Crippen LogP contribution in [0.15, 0.2) is 58.8 Å². The maximum atomic E-state index is 12.1. The molecule has 0 bridgehead atoms. The number of rotatable bonds is 3. The standard InChI is InChI=1S/C17H14O2S/c1-3-15-6-8-16(9-7-15)12-13-20(18,19)17-10-4-14(2)5-11-17/h1,4-13H,2H3/b13-12+. The molecule has 0 spiro atoms. The normalized spacial score (nSPS) is 11.4. The molecule has 0 N–H and O–H groups in total. The first-order valence-corrected chi connectivity index (χ1v) is 7.62. The molecule has 100 valence electrons. The van der Waals surface area contributed by atoms with Gasteiger partial charge in [-0.05, 0) is 42.8 Å². The van der Waals surface area contributed by atoms with Gasteiger partial charge in [-0.1, -0.05) is 35.7 Å². The first-order chi connectivity index (χ1) is 9.51. The molecule has 0 aliphatic carbocycles. The van der Waals surface area contributed by atoms with Crippen molar-refractivity contribution in [2.24, 2.45) is 0 Å². The van der Waals surface area contributed by atoms with Crippen LogP contribution in [0.5, 0.6) is 0 Å². The quantitative estimate of drug-likeness (QED) is 0.808. The molecule has 0 atom stereocenters. The largest absolute Gasteiger partial charge is 0.219 e. The number of terminal acetylenes is 1. The molecule has 0 amide bonds. The van der Waals surface area contributed by atoms with Gasteiger partial charge in [0, 0.05) is 11.0 Å². The van der Waals surface area contributed by atoms with Gasteiger partial charge in [-0.3, -0.25) is 0 Å². The molecule has 0 radical (unpaired) electrons. The summed E-state index contributed by atoms with van der Waals surface area (Å²) in [6.45, 7) is 1.92. The Morgan fingerprint density at radius 2 is 1.60 bits per heavy atom. The molecular weight excluding hydrogens is 268 g/mol. The van der Waals surface area contributed by atoms with Crippen LogP contribution < -0.4 is 0 Å². The third-order valence-corrected chi connectivity index (χ3v) is 4.29. The first-order valence-electron chi connectivity index (χ1n) is 6.08. The molecule has 0 aromatic heterocycles. The van der Waals surface area contributed by atoms with Crippen molar-refractivity contribution in [1.82, 2.24) is 0 Å². The summed E-state index contributed by atoms with van der Waals surface area (Å²) in [7, 11) is -3.41. The van der Waals surface area contributed by atoms with Crippen LogP contribution in [0, 0.1) is 19.3 Å². The Kier molecular flexibility index (Phi) is 4.07. The number of sulfone groups is 1. The predicted molar refractivity (Wildman–Crippen MR) is 81.8 cm³/mol. The van der Waals surface area contributed by atoms with Crippen LogP contribution >= 0.6 is 0 Å². The zero-order valence-electron chi connectivity index (χ0n) is 11.1. The van der Waals surface area contributed by atoms with Gasteiger partial charge in [0.15, 0.2) is 9.84 Å². The van der Waals surface area contributed by atoms with Gasteiger partial charge >= 0.3 is 0 Å². The molecule has 0 fully saturated rings. The first kappa shape index (κ1) is 14.1. The Morgan fingerprint density at radius 1 is 1.00 bits per heavy atom. The van der Waals surface area contributed by atoms with E-state index in [0.29, 0.717) is 4.90 Å². The van der Waals surface area contributed by atoms with E-state index in [1.165, 1.54) is 5.41 Å². The van der Waals surface area contributed by atoms with E-state index in [0.717, 1.165) is 16.7 Å². The van der Waals surface area contributed by atoms with Crippen molar-refractivity contribution in [2.45, 2.75) is 11.8 Å². The van der Waals surface area contributed by atoms with Crippen molar-refractivity contribution >= 4 is 15.9 Å². The van der Waals surface area contributed by atoms with E-state index in [1.54, 1.807) is 54.6 Å². The topological polar surface area (TPSA) is 34.1 Å². The summed E-state index contributed by atoms with van der Waals surface area (Å²) in [5.41, 5.74) is 2.58. The number of benzene rings is 2. The van der Waals surface area contributed by atoms with Crippen molar-refractivity contribution < 1.29 is 8.42 Å². The maximum absolute atomic E-state index is 12.1. The minimum Gasteiger partial charge on any atom is -0.219 e. The summed E-state index contributed by atoms with van der Waals surface area (Å²) >= 11 is 0. The summed E-state index contributed by atoms with van der Waals surface area (Å²) in [6.07, 6.45) is 6.83. The SMILES string of the molecule is C#Cc1ccc(/C=C/S(=O)(=O)c2ccc(C)cc2)cc1. The Hall–Kier alpha value is -2.31. The molecule has 0 unspecified atom stereocenters. The maximum Gasteiger partial charge on any atom is 0.199 e. The van der Waals surface area contributed by atoms with E-state index in [1.807, 2.05) is 6.92 Å². The fourth-order valence-corrected chi connectivity index (χ4v) is 2.67. The Labute approximate surface area is 119 Å². The van der Waals surface area contributed by atoms with Crippen molar-refractivity contribution in [3.05, 3.63) is 70.6 Å². The van der Waals surface area contributed by atoms with Crippen LogP contribution in [0.25, 0.3) is 6.08 Å². The van der Waals surface area contributed by atoms with Gasteiger partial charge in [0.2, 0.25) is 0 Å². The third kappa shape index (κ3) is 3.37. The molecule has 0 saturated heterocycles. The highest BCUT2D eigenvalue weighted by Gasteiger charge is 2.09. The molecule has 2 aromatic rings. The lowest BCUT2D eigenvalue weighted by Crippen LogP contribution is -1.95. The smallest absolute Gasteiger partial charge is 0.199 e. The molecule has 2 rings (SSSR count). The second kappa shape index (κ2) is 5.77. The molecule has 2 nitrogen and oxygen atoms in total. The average Bonchev–Trinajstić information content (AvgIpc) is 2.46. The molecule has 3 heteroatoms. The summed E-state index contributed by atoms with van der Waals surface area (Å²) in [5, 5.41) is 1.21. The fraction of sp³-hybridized carbons (Fsp3) is 0.0588. The molecular formula is C17H14O2S. The summed E-state index contributed by atoms with van der Waals surface area (Å²) < 4.78 is 24.2. The summed E-state index contributed by atoms with van der Waals surface area (Å²) in [4.78, 5) is 0.291. The van der Waals surface area contributed by atoms with Gasteiger partial charge in [0.05, 0.1) is 4.90 Å². The van der Waals surface area contributed by atoms with Crippen molar-refractivity contribution in [2.75, 3.05) is 0 Å². The van der Waals surface area contributed by atoms with Gasteiger partial charge in [0.25, 0.3) is 0 Å². The lowest BCUT2D eigenvalue weighted by Gasteiger charge is -2.00. The van der Waals surface area contributed by atoms with E-state index in [2.05, 4.69) is 5.92 Å². The van der Waals surface area contributed by atoms with Gasteiger partial charge in [0.1, 0.15) is 0 Å². The monoisotopic (exact) mass is 282 g/mol. The van der Waals surface area contributed by atoms with Crippen molar-refractivity contribution in [3.8, 4) is 12.3 Å². The summed E-state index contributed by atoms with van der Waals surface area (Å²) in [5.74, 6) is 2.52. The second-order valence-electron chi connectivity index (χ2n) is 4.43. The molecule has 0 saturated carbocycles. The Balaban J connectivity index is 2.25. The van der Waals surface area contributed by atoms with Crippen molar-refractivity contribution in [3.63, 3.8) is 0 Å². The van der Waals surface area contributed by atoms with Gasteiger partial charge < -0.3 is 0 Å². The van der Waals surface area contributed by atoms with Crippen LogP contribution in [0.4, 0.5) is 0 Å². The van der Waals surface area contributed by atoms with Gasteiger partial charge in [-0.15, -0.1) is 6.42 Å². The number of hydrogen-bond donors (Lipinski definition) is 0. The second-order valence-corrected chi connectivity index (χ2v) is 6.26. The van der Waals surface area contributed by atoms with Gasteiger partial charge in [-0.2, -0.15) is 0 Å². The lowest BCUT2D eigenvalue weighted by molar-refractivity contribution is 0.605. The van der Waals surface area contributed by atoms with Crippen LogP contribution in [0.2, 0.25) is 0 Å². The van der Waals surface area contributed by atoms with E-state index < -0.39 is 9.84 Å². The molecule has 0 aliphatic rings. The highest BCUT2D eigenvalue weighted by atomic mass is 32.2. The molecule has 2 aromatic carbocycles. The van der Waals surface area contributed by atoms with E-state index >= 15 is 0 Å². The Bertz CT molecular complexity index is 759. The van der Waals surface area contributed by atoms with Crippen LogP contribution in [0.1, 0.15) is 16.7 Å². The summed E-state index contributed by atoms with van der Waals surface area (Å²) in [6, 6.07) is 13.9. The van der Waals surface area contributed by atoms with Crippen molar-refractivity contribution in [1.29, 1.82) is 0 Å². The highest BCUT2D eigenvalue weighted by molar-refractivity contribution is 7.94. The van der Waals surface area contributed by atoms with E-state index in [-0.39, 0.29) is 0 Å². The highest BCUT2D eigenvalue weighted by Crippen LogP contribution is 2.15. The van der Waals surface area contributed by atoms with Crippen LogP contribution in [-0.4, -0.2) is 8.42 Å². The number of aryl methyl sites for hydroxylation is 1. The zero-order valence-corrected chi connectivity index (χ0v) is 11.9. The molecule has 0 aliphatic heterocycles. The predicted octanol–water partition coefficient (Wildman–Crippen LogP) is 3.42. The van der Waals surface area contributed by atoms with Crippen LogP contribution in [0.3, 0.4) is 0 Å². The minimum absolute atomic E-state index is 0.291. The fourth-order valence-electron chi connectivity index (χ4n) is 1.67. The number of hydrogen-bond acceptors (Lipinski definition) is 2. The van der Waals surface area contributed by atoms with E-state index in [4.69, 9.17) is 6.42 Å². The van der Waals surface area contributed by atoms with E-state index in [9.17, 15) is 8.42 Å².